The predicted molar refractivity (Wildman–Crippen MR) is 22.7 cm³/mol. The molecule has 0 fully saturated rings. The van der Waals surface area contributed by atoms with Crippen molar-refractivity contribution in [1.29, 1.82) is 0 Å². The van der Waals surface area contributed by atoms with Crippen LogP contribution in [0.3, 0.4) is 0 Å². The Morgan fingerprint density at radius 2 is 1.71 bits per heavy atom. The van der Waals surface area contributed by atoms with Gasteiger partial charge in [0.05, 0.1) is 0 Å². The van der Waals surface area contributed by atoms with Crippen molar-refractivity contribution in [1.82, 2.24) is 0 Å². The molecule has 0 amide bonds. The molecular formula is C2H7AsO4. The van der Waals surface area contributed by atoms with E-state index in [0.717, 1.165) is 14.2 Å². The van der Waals surface area contributed by atoms with Gasteiger partial charge >= 0.3 is 44.0 Å². The molecule has 1 N–H and O–H groups in total. The summed E-state index contributed by atoms with van der Waals surface area (Å²) >= 11 is -4.19. The monoisotopic (exact) mass is 170 g/mol. The first-order chi connectivity index (χ1) is 3.12. The zero-order valence-corrected chi connectivity index (χ0v) is 6.00. The van der Waals surface area contributed by atoms with Gasteiger partial charge in [-0.2, -0.15) is 0 Å². The number of hydrogen-bond acceptors (Lipinski definition) is 3. The summed E-state index contributed by atoms with van der Waals surface area (Å²) in [5.41, 5.74) is 0. The summed E-state index contributed by atoms with van der Waals surface area (Å²) in [7, 11) is 2.26. The molecule has 0 aromatic carbocycles. The van der Waals surface area contributed by atoms with E-state index in [1.54, 1.807) is 0 Å². The van der Waals surface area contributed by atoms with E-state index >= 15 is 0 Å². The van der Waals surface area contributed by atoms with Crippen LogP contribution < -0.4 is 0 Å². The van der Waals surface area contributed by atoms with E-state index in [4.69, 9.17) is 4.10 Å². The topological polar surface area (TPSA) is 55.8 Å². The van der Waals surface area contributed by atoms with E-state index in [2.05, 4.69) is 7.45 Å². The van der Waals surface area contributed by atoms with Crippen molar-refractivity contribution in [3.63, 3.8) is 0 Å². The normalized spacial score (nSPS) is 11.9. The third-order valence-electron chi connectivity index (χ3n) is 0.461. The summed E-state index contributed by atoms with van der Waals surface area (Å²) in [5.74, 6) is 0. The molecule has 0 atom stereocenters. The van der Waals surface area contributed by atoms with Gasteiger partial charge in [0.25, 0.3) is 0 Å². The molecule has 0 spiro atoms. The van der Waals surface area contributed by atoms with Crippen LogP contribution >= 0.6 is 0 Å². The third-order valence-corrected chi connectivity index (χ3v) is 2.40. The zero-order valence-electron chi connectivity index (χ0n) is 4.12. The SMILES string of the molecule is CO[As](=O)(O)OC. The molecule has 0 aliphatic heterocycles. The van der Waals surface area contributed by atoms with Gasteiger partial charge in [-0.1, -0.05) is 0 Å². The Morgan fingerprint density at radius 3 is 1.71 bits per heavy atom. The molecule has 5 heteroatoms. The summed E-state index contributed by atoms with van der Waals surface area (Å²) in [6.07, 6.45) is 0. The molecule has 0 bridgehead atoms. The van der Waals surface area contributed by atoms with Crippen LogP contribution in [0.5, 0.6) is 0 Å². The minimum atomic E-state index is -4.19. The molecule has 0 saturated carbocycles. The van der Waals surface area contributed by atoms with Gasteiger partial charge in [-0.15, -0.1) is 0 Å². The van der Waals surface area contributed by atoms with Gasteiger partial charge in [-0.3, -0.25) is 0 Å². The fraction of sp³-hybridized carbons (Fsp3) is 1.00. The zero-order chi connectivity index (χ0) is 5.91. The second-order valence-corrected chi connectivity index (χ2v) is 4.33. The molecule has 0 aliphatic carbocycles. The average Bonchev–Trinajstić information content (AvgIpc) is 1.68. The standard InChI is InChI=1S/C2H7AsO4/c1-6-3(4,5)7-2/h1-2H3,(H,4,5). The maximum atomic E-state index is 10.1. The Balaban J connectivity index is 3.61. The third kappa shape index (κ3) is 2.88. The number of hydrogen-bond donors (Lipinski definition) is 1. The molecule has 44 valence electrons. The first-order valence-electron chi connectivity index (χ1n) is 1.56. The first-order valence-corrected chi connectivity index (χ1v) is 4.70. The summed E-state index contributed by atoms with van der Waals surface area (Å²) in [5, 5.41) is 0. The molecule has 4 nitrogen and oxygen atoms in total. The summed E-state index contributed by atoms with van der Waals surface area (Å²) in [4.78, 5) is 0. The van der Waals surface area contributed by atoms with Crippen LogP contribution in [0.2, 0.25) is 0 Å². The van der Waals surface area contributed by atoms with E-state index in [0.29, 0.717) is 0 Å². The Bertz CT molecular complexity index is 81.7. The van der Waals surface area contributed by atoms with Crippen molar-refractivity contribution in [3.05, 3.63) is 0 Å². The van der Waals surface area contributed by atoms with E-state index in [9.17, 15) is 3.74 Å². The van der Waals surface area contributed by atoms with Crippen molar-refractivity contribution in [3.8, 4) is 0 Å². The average molecular weight is 170 g/mol. The maximum absolute atomic E-state index is 10.1. The van der Waals surface area contributed by atoms with Crippen LogP contribution in [0.15, 0.2) is 0 Å². The Hall–Kier alpha value is 0.238. The molecule has 0 unspecified atom stereocenters. The summed E-state index contributed by atoms with van der Waals surface area (Å²) in [6, 6.07) is 0. The van der Waals surface area contributed by atoms with Crippen LogP contribution in [-0.4, -0.2) is 32.8 Å². The van der Waals surface area contributed by atoms with E-state index in [1.807, 2.05) is 0 Å². The van der Waals surface area contributed by atoms with Crippen molar-refractivity contribution < 1.29 is 15.3 Å². The van der Waals surface area contributed by atoms with Gasteiger partial charge in [-0.05, 0) is 0 Å². The second-order valence-electron chi connectivity index (χ2n) is 0.834. The van der Waals surface area contributed by atoms with Gasteiger partial charge in [0, 0.05) is 0 Å². The molecule has 7 heavy (non-hydrogen) atoms. The summed E-state index contributed by atoms with van der Waals surface area (Å²) < 4.78 is 26.5. The van der Waals surface area contributed by atoms with Gasteiger partial charge < -0.3 is 0 Å². The van der Waals surface area contributed by atoms with Crippen molar-refractivity contribution >= 4 is 14.5 Å². The van der Waals surface area contributed by atoms with Crippen LogP contribution in [-0.2, 0) is 11.2 Å². The molecule has 0 aliphatic rings. The van der Waals surface area contributed by atoms with Gasteiger partial charge in [-0.25, -0.2) is 0 Å². The molecule has 0 radical (unpaired) electrons. The molecular weight excluding hydrogens is 163 g/mol. The van der Waals surface area contributed by atoms with Crippen LogP contribution in [0.25, 0.3) is 0 Å². The molecule has 0 aromatic rings. The van der Waals surface area contributed by atoms with E-state index in [-0.39, 0.29) is 0 Å². The van der Waals surface area contributed by atoms with Crippen LogP contribution in [0, 0.1) is 0 Å². The van der Waals surface area contributed by atoms with Crippen LogP contribution in [0.1, 0.15) is 0 Å². The summed E-state index contributed by atoms with van der Waals surface area (Å²) in [6.45, 7) is 0. The molecule has 0 aromatic heterocycles. The fourth-order valence-corrected chi connectivity index (χ4v) is 0.387. The van der Waals surface area contributed by atoms with Crippen molar-refractivity contribution in [2.45, 2.75) is 0 Å². The van der Waals surface area contributed by atoms with Crippen LogP contribution in [0.4, 0.5) is 0 Å². The van der Waals surface area contributed by atoms with Crippen molar-refractivity contribution in [2.75, 3.05) is 14.2 Å². The minimum absolute atomic E-state index is 1.13. The Morgan fingerprint density at radius 1 is 1.43 bits per heavy atom. The fourth-order valence-electron chi connectivity index (χ4n) is 0.0745. The predicted octanol–water partition coefficient (Wildman–Crippen LogP) is -0.862. The second kappa shape index (κ2) is 2.52. The Kier molecular flexibility index (Phi) is 2.61. The van der Waals surface area contributed by atoms with Crippen molar-refractivity contribution in [2.24, 2.45) is 0 Å². The molecule has 0 saturated heterocycles. The van der Waals surface area contributed by atoms with Gasteiger partial charge in [0.15, 0.2) is 0 Å². The molecule has 0 heterocycles. The van der Waals surface area contributed by atoms with E-state index < -0.39 is 14.5 Å². The number of rotatable bonds is 2. The van der Waals surface area contributed by atoms with Gasteiger partial charge in [0.1, 0.15) is 0 Å². The molecule has 0 rings (SSSR count). The first kappa shape index (κ1) is 7.24. The Labute approximate surface area is 44.8 Å². The van der Waals surface area contributed by atoms with Gasteiger partial charge in [0.2, 0.25) is 0 Å². The quantitative estimate of drug-likeness (QED) is 0.547. The van der Waals surface area contributed by atoms with E-state index in [1.165, 1.54) is 0 Å².